The minimum atomic E-state index is -4.25. The molecular weight excluding hydrogens is 309 g/mol. The van der Waals surface area contributed by atoms with Crippen molar-refractivity contribution >= 4 is 6.03 Å². The van der Waals surface area contributed by atoms with Gasteiger partial charge in [0.25, 0.3) is 0 Å². The first-order valence-corrected chi connectivity index (χ1v) is 8.67. The molecule has 2 rings (SSSR count). The molecule has 0 radical (unpaired) electrons. The van der Waals surface area contributed by atoms with E-state index in [4.69, 9.17) is 0 Å². The van der Waals surface area contributed by atoms with Gasteiger partial charge < -0.3 is 15.3 Å². The van der Waals surface area contributed by atoms with Gasteiger partial charge in [0, 0.05) is 18.6 Å². The van der Waals surface area contributed by atoms with Crippen LogP contribution in [0.2, 0.25) is 0 Å². The highest BCUT2D eigenvalue weighted by Crippen LogP contribution is 2.26. The number of nitrogens with zero attached hydrogens (tertiary/aromatic N) is 1. The van der Waals surface area contributed by atoms with E-state index in [9.17, 15) is 23.1 Å². The molecule has 0 heterocycles. The van der Waals surface area contributed by atoms with Crippen molar-refractivity contribution in [2.24, 2.45) is 0 Å². The lowest BCUT2D eigenvalue weighted by molar-refractivity contribution is -0.137. The third-order valence-corrected chi connectivity index (χ3v) is 4.94. The molecule has 2 fully saturated rings. The van der Waals surface area contributed by atoms with Crippen LogP contribution in [-0.4, -0.2) is 46.9 Å². The van der Waals surface area contributed by atoms with Gasteiger partial charge in [-0.25, -0.2) is 4.79 Å². The Bertz CT molecular complexity index is 376. The van der Waals surface area contributed by atoms with Crippen molar-refractivity contribution in [3.8, 4) is 0 Å². The van der Waals surface area contributed by atoms with Gasteiger partial charge in [-0.1, -0.05) is 19.3 Å². The molecule has 0 aliphatic heterocycles. The summed E-state index contributed by atoms with van der Waals surface area (Å²) >= 11 is 0. The molecule has 0 atom stereocenters. The van der Waals surface area contributed by atoms with Gasteiger partial charge in [-0.15, -0.1) is 0 Å². The molecule has 7 heteroatoms. The quantitative estimate of drug-likeness (QED) is 0.824. The van der Waals surface area contributed by atoms with E-state index >= 15 is 0 Å². The zero-order valence-electron chi connectivity index (χ0n) is 13.4. The molecule has 0 saturated heterocycles. The lowest BCUT2D eigenvalue weighted by atomic mass is 9.92. The second kappa shape index (κ2) is 8.22. The molecule has 23 heavy (non-hydrogen) atoms. The summed E-state index contributed by atoms with van der Waals surface area (Å²) in [6.45, 7) is -0.269. The molecule has 0 aromatic carbocycles. The number of nitrogens with one attached hydrogen (secondary N) is 1. The maximum absolute atomic E-state index is 12.6. The van der Waals surface area contributed by atoms with Crippen LogP contribution < -0.4 is 5.32 Å². The lowest BCUT2D eigenvalue weighted by Crippen LogP contribution is -2.51. The van der Waals surface area contributed by atoms with Crippen LogP contribution in [0.1, 0.15) is 64.2 Å². The number of carbonyl (C=O) groups is 1. The maximum atomic E-state index is 12.6. The number of hydrogen-bond acceptors (Lipinski definition) is 2. The van der Waals surface area contributed by atoms with Crippen molar-refractivity contribution in [2.45, 2.75) is 88.6 Å². The number of rotatable bonds is 4. The molecule has 134 valence electrons. The Kier molecular flexibility index (Phi) is 6.56. The molecule has 0 aromatic heterocycles. The van der Waals surface area contributed by atoms with E-state index in [1.807, 2.05) is 0 Å². The van der Waals surface area contributed by atoms with Crippen molar-refractivity contribution < 1.29 is 23.1 Å². The summed E-state index contributed by atoms with van der Waals surface area (Å²) in [7, 11) is 0. The number of aliphatic hydroxyl groups excluding tert-OH is 1. The van der Waals surface area contributed by atoms with Crippen molar-refractivity contribution in [1.29, 1.82) is 0 Å². The van der Waals surface area contributed by atoms with Crippen LogP contribution >= 0.6 is 0 Å². The molecule has 2 amide bonds. The minimum absolute atomic E-state index is 0.0390. The fraction of sp³-hybridized carbons (Fsp3) is 0.938. The summed E-state index contributed by atoms with van der Waals surface area (Å²) < 4.78 is 37.7. The number of carbonyl (C=O) groups excluding carboxylic acids is 1. The fourth-order valence-electron chi connectivity index (χ4n) is 3.57. The smallest absolute Gasteiger partial charge is 0.390 e. The number of aliphatic hydroxyl groups is 1. The number of alkyl halides is 3. The Hall–Kier alpha value is -0.980. The van der Waals surface area contributed by atoms with E-state index in [2.05, 4.69) is 5.32 Å². The Morgan fingerprint density at radius 3 is 2.22 bits per heavy atom. The third kappa shape index (κ3) is 6.20. The van der Waals surface area contributed by atoms with Gasteiger partial charge in [0.05, 0.1) is 12.5 Å². The van der Waals surface area contributed by atoms with E-state index in [1.54, 1.807) is 0 Å². The highest BCUT2D eigenvalue weighted by molar-refractivity contribution is 5.75. The van der Waals surface area contributed by atoms with Crippen LogP contribution in [0.3, 0.4) is 0 Å². The van der Waals surface area contributed by atoms with Gasteiger partial charge in [0.15, 0.2) is 0 Å². The minimum Gasteiger partial charge on any atom is -0.393 e. The van der Waals surface area contributed by atoms with Crippen molar-refractivity contribution in [3.63, 3.8) is 0 Å². The van der Waals surface area contributed by atoms with Gasteiger partial charge in [0.1, 0.15) is 0 Å². The summed E-state index contributed by atoms with van der Waals surface area (Å²) in [6.07, 6.45) is 1.72. The van der Waals surface area contributed by atoms with E-state index in [0.717, 1.165) is 32.1 Å². The Balaban J connectivity index is 1.92. The van der Waals surface area contributed by atoms with Crippen LogP contribution in [0.5, 0.6) is 0 Å². The van der Waals surface area contributed by atoms with Crippen LogP contribution in [0, 0.1) is 0 Å². The largest absolute Gasteiger partial charge is 0.393 e. The average molecular weight is 336 g/mol. The summed E-state index contributed by atoms with van der Waals surface area (Å²) in [5.41, 5.74) is 0. The topological polar surface area (TPSA) is 52.6 Å². The van der Waals surface area contributed by atoms with Crippen molar-refractivity contribution in [2.75, 3.05) is 6.54 Å². The summed E-state index contributed by atoms with van der Waals surface area (Å²) in [4.78, 5) is 13.9. The number of amides is 2. The Labute approximate surface area is 135 Å². The second-order valence-corrected chi connectivity index (χ2v) is 6.81. The van der Waals surface area contributed by atoms with Gasteiger partial charge in [-0.3, -0.25) is 0 Å². The van der Waals surface area contributed by atoms with Gasteiger partial charge >= 0.3 is 12.2 Å². The van der Waals surface area contributed by atoms with Crippen molar-refractivity contribution in [3.05, 3.63) is 0 Å². The molecule has 2 aliphatic rings. The molecule has 2 saturated carbocycles. The molecule has 2 aliphatic carbocycles. The lowest BCUT2D eigenvalue weighted by Gasteiger charge is -2.36. The van der Waals surface area contributed by atoms with Gasteiger partial charge in [-0.05, 0) is 38.5 Å². The second-order valence-electron chi connectivity index (χ2n) is 6.81. The predicted octanol–water partition coefficient (Wildman–Crippen LogP) is 3.59. The molecular formula is C16H27F3N2O2. The number of urea groups is 1. The molecule has 2 N–H and O–H groups in total. The number of hydrogen-bond donors (Lipinski definition) is 2. The first-order chi connectivity index (χ1) is 10.8. The summed E-state index contributed by atoms with van der Waals surface area (Å²) in [5, 5.41) is 12.4. The van der Waals surface area contributed by atoms with Gasteiger partial charge in [-0.2, -0.15) is 13.2 Å². The van der Waals surface area contributed by atoms with Crippen LogP contribution in [0.4, 0.5) is 18.0 Å². The first kappa shape index (κ1) is 18.4. The monoisotopic (exact) mass is 336 g/mol. The van der Waals surface area contributed by atoms with Crippen LogP contribution in [-0.2, 0) is 0 Å². The standard InChI is InChI=1S/C16H27F3N2O2/c17-16(18,19)10-11-21(13-4-2-1-3-5-13)15(23)20-12-6-8-14(22)9-7-12/h12-14,22H,1-11H2,(H,20,23). The molecule has 0 bridgehead atoms. The van der Waals surface area contributed by atoms with E-state index in [1.165, 1.54) is 4.90 Å². The van der Waals surface area contributed by atoms with Crippen LogP contribution in [0.25, 0.3) is 0 Å². The van der Waals surface area contributed by atoms with E-state index < -0.39 is 12.6 Å². The zero-order chi connectivity index (χ0) is 16.9. The van der Waals surface area contributed by atoms with Gasteiger partial charge in [0.2, 0.25) is 0 Å². The summed E-state index contributed by atoms with van der Waals surface area (Å²) in [6, 6.07) is -0.495. The molecule has 0 unspecified atom stereocenters. The van der Waals surface area contributed by atoms with E-state index in [-0.39, 0.29) is 30.8 Å². The van der Waals surface area contributed by atoms with Crippen molar-refractivity contribution in [1.82, 2.24) is 10.2 Å². The Morgan fingerprint density at radius 2 is 1.65 bits per heavy atom. The summed E-state index contributed by atoms with van der Waals surface area (Å²) in [5.74, 6) is 0. The molecule has 4 nitrogen and oxygen atoms in total. The van der Waals surface area contributed by atoms with Crippen LogP contribution in [0.15, 0.2) is 0 Å². The molecule has 0 aromatic rings. The third-order valence-electron chi connectivity index (χ3n) is 4.94. The predicted molar refractivity (Wildman–Crippen MR) is 81.0 cm³/mol. The average Bonchev–Trinajstić information content (AvgIpc) is 2.50. The zero-order valence-corrected chi connectivity index (χ0v) is 13.4. The fourth-order valence-corrected chi connectivity index (χ4v) is 3.57. The highest BCUT2D eigenvalue weighted by Gasteiger charge is 2.33. The highest BCUT2D eigenvalue weighted by atomic mass is 19.4. The normalized spacial score (nSPS) is 26.8. The SMILES string of the molecule is O=C(NC1CCC(O)CC1)N(CCC(F)(F)F)C1CCCCC1. The maximum Gasteiger partial charge on any atom is 0.390 e. The molecule has 0 spiro atoms. The number of halogens is 3. The first-order valence-electron chi connectivity index (χ1n) is 8.67. The Morgan fingerprint density at radius 1 is 1.04 bits per heavy atom. The van der Waals surface area contributed by atoms with E-state index in [0.29, 0.717) is 25.7 Å².